The van der Waals surface area contributed by atoms with Gasteiger partial charge < -0.3 is 9.64 Å². The Morgan fingerprint density at radius 2 is 2.14 bits per heavy atom. The maximum atomic E-state index is 12.1. The molecule has 0 aliphatic carbocycles. The van der Waals surface area contributed by atoms with Gasteiger partial charge in [-0.2, -0.15) is 5.10 Å². The lowest BCUT2D eigenvalue weighted by atomic mass is 10.1. The molecule has 0 radical (unpaired) electrons. The molecule has 0 saturated carbocycles. The van der Waals surface area contributed by atoms with E-state index in [1.807, 2.05) is 31.2 Å². The van der Waals surface area contributed by atoms with Gasteiger partial charge in [-0.15, -0.1) is 0 Å². The predicted molar refractivity (Wildman–Crippen MR) is 78.9 cm³/mol. The molecular formula is C15H20N4O2. The third-order valence-electron chi connectivity index (χ3n) is 3.25. The van der Waals surface area contributed by atoms with Crippen LogP contribution in [0.3, 0.4) is 0 Å². The molecule has 0 aliphatic rings. The number of rotatable bonds is 6. The van der Waals surface area contributed by atoms with Gasteiger partial charge in [-0.25, -0.2) is 4.98 Å². The fourth-order valence-corrected chi connectivity index (χ4v) is 2.10. The van der Waals surface area contributed by atoms with Crippen molar-refractivity contribution in [2.45, 2.75) is 26.3 Å². The number of para-hydroxylation sites is 1. The van der Waals surface area contributed by atoms with Crippen molar-refractivity contribution in [3.05, 3.63) is 41.5 Å². The lowest BCUT2D eigenvalue weighted by Crippen LogP contribution is -2.27. The first-order valence-electron chi connectivity index (χ1n) is 6.84. The summed E-state index contributed by atoms with van der Waals surface area (Å²) in [7, 11) is 3.40. The first-order valence-corrected chi connectivity index (χ1v) is 6.84. The molecule has 0 bridgehead atoms. The number of hydrogen-bond acceptors (Lipinski definition) is 4. The maximum absolute atomic E-state index is 12.1. The van der Waals surface area contributed by atoms with E-state index in [0.717, 1.165) is 17.1 Å². The molecular weight excluding hydrogens is 268 g/mol. The average Bonchev–Trinajstić information content (AvgIpc) is 2.90. The molecule has 0 aliphatic heterocycles. The highest BCUT2D eigenvalue weighted by Crippen LogP contribution is 2.19. The molecule has 112 valence electrons. The van der Waals surface area contributed by atoms with Crippen LogP contribution in [0.15, 0.2) is 24.3 Å². The van der Waals surface area contributed by atoms with Crippen molar-refractivity contribution >= 4 is 5.91 Å². The average molecular weight is 288 g/mol. The van der Waals surface area contributed by atoms with E-state index in [0.29, 0.717) is 25.2 Å². The molecule has 21 heavy (non-hydrogen) atoms. The number of H-pyrrole nitrogens is 1. The topological polar surface area (TPSA) is 71.1 Å². The van der Waals surface area contributed by atoms with Crippen molar-refractivity contribution in [1.29, 1.82) is 0 Å². The van der Waals surface area contributed by atoms with E-state index in [1.165, 1.54) is 0 Å². The molecule has 1 N–H and O–H groups in total. The fourth-order valence-electron chi connectivity index (χ4n) is 2.10. The van der Waals surface area contributed by atoms with Crippen LogP contribution in [0.1, 0.15) is 23.6 Å². The van der Waals surface area contributed by atoms with Crippen LogP contribution in [0.2, 0.25) is 0 Å². The number of benzene rings is 1. The normalized spacial score (nSPS) is 10.4. The van der Waals surface area contributed by atoms with Crippen LogP contribution < -0.4 is 4.74 Å². The first kappa shape index (κ1) is 15.0. The molecule has 0 fully saturated rings. The zero-order chi connectivity index (χ0) is 15.2. The van der Waals surface area contributed by atoms with Crippen molar-refractivity contribution in [2.75, 3.05) is 14.2 Å². The van der Waals surface area contributed by atoms with E-state index in [2.05, 4.69) is 15.2 Å². The van der Waals surface area contributed by atoms with Crippen LogP contribution in [0.4, 0.5) is 0 Å². The molecule has 6 heteroatoms. The molecule has 1 aromatic carbocycles. The van der Waals surface area contributed by atoms with Gasteiger partial charge in [0.2, 0.25) is 5.91 Å². The summed E-state index contributed by atoms with van der Waals surface area (Å²) in [6.07, 6.45) is 1.08. The quantitative estimate of drug-likeness (QED) is 0.878. The summed E-state index contributed by atoms with van der Waals surface area (Å²) in [6, 6.07) is 7.75. The smallest absolute Gasteiger partial charge is 0.223 e. The molecule has 6 nitrogen and oxygen atoms in total. The zero-order valence-electron chi connectivity index (χ0n) is 12.6. The highest BCUT2D eigenvalue weighted by molar-refractivity contribution is 5.76. The molecule has 1 aromatic heterocycles. The van der Waals surface area contributed by atoms with Crippen molar-refractivity contribution < 1.29 is 9.53 Å². The Bertz CT molecular complexity index is 609. The Labute approximate surface area is 124 Å². The number of carbonyl (C=O) groups excluding carboxylic acids is 1. The summed E-state index contributed by atoms with van der Waals surface area (Å²) in [5, 5.41) is 6.80. The standard InChI is InChI=1S/C15H20N4O2/c1-11-16-14(18-17-11)10-19(2)15(20)9-8-12-6-4-5-7-13(12)21-3/h4-7H,8-10H2,1-3H3,(H,16,17,18). The Morgan fingerprint density at radius 3 is 2.81 bits per heavy atom. The third kappa shape index (κ3) is 4.05. The zero-order valence-corrected chi connectivity index (χ0v) is 12.6. The van der Waals surface area contributed by atoms with Crippen LogP contribution in [-0.2, 0) is 17.8 Å². The molecule has 2 aromatic rings. The summed E-state index contributed by atoms with van der Waals surface area (Å²) in [4.78, 5) is 18.0. The summed E-state index contributed by atoms with van der Waals surface area (Å²) >= 11 is 0. The van der Waals surface area contributed by atoms with E-state index in [1.54, 1.807) is 19.1 Å². The number of aromatic amines is 1. The number of ether oxygens (including phenoxy) is 1. The molecule has 1 amide bonds. The Morgan fingerprint density at radius 1 is 1.38 bits per heavy atom. The van der Waals surface area contributed by atoms with E-state index in [9.17, 15) is 4.79 Å². The van der Waals surface area contributed by atoms with Gasteiger partial charge in [0, 0.05) is 13.5 Å². The molecule has 0 unspecified atom stereocenters. The Kier molecular flexibility index (Phi) is 4.92. The van der Waals surface area contributed by atoms with Gasteiger partial charge in [0.25, 0.3) is 0 Å². The monoisotopic (exact) mass is 288 g/mol. The second kappa shape index (κ2) is 6.88. The van der Waals surface area contributed by atoms with Gasteiger partial charge in [-0.1, -0.05) is 18.2 Å². The Balaban J connectivity index is 1.89. The highest BCUT2D eigenvalue weighted by Gasteiger charge is 2.13. The van der Waals surface area contributed by atoms with Gasteiger partial charge in [0.1, 0.15) is 11.6 Å². The van der Waals surface area contributed by atoms with Gasteiger partial charge in [0.15, 0.2) is 5.82 Å². The van der Waals surface area contributed by atoms with Crippen LogP contribution >= 0.6 is 0 Å². The molecule has 0 saturated heterocycles. The van der Waals surface area contributed by atoms with Crippen LogP contribution in [0, 0.1) is 6.92 Å². The molecule has 1 heterocycles. The van der Waals surface area contributed by atoms with Crippen LogP contribution in [-0.4, -0.2) is 40.1 Å². The van der Waals surface area contributed by atoms with E-state index in [-0.39, 0.29) is 5.91 Å². The van der Waals surface area contributed by atoms with Crippen LogP contribution in [0.5, 0.6) is 5.75 Å². The fraction of sp³-hybridized carbons (Fsp3) is 0.400. The molecule has 0 spiro atoms. The minimum atomic E-state index is 0.0587. The number of nitrogens with one attached hydrogen (secondary N) is 1. The highest BCUT2D eigenvalue weighted by atomic mass is 16.5. The largest absolute Gasteiger partial charge is 0.496 e. The molecule has 2 rings (SSSR count). The number of hydrogen-bond donors (Lipinski definition) is 1. The van der Waals surface area contributed by atoms with Crippen LogP contribution in [0.25, 0.3) is 0 Å². The second-order valence-corrected chi connectivity index (χ2v) is 4.90. The summed E-state index contributed by atoms with van der Waals surface area (Å²) in [6.45, 7) is 2.25. The SMILES string of the molecule is COc1ccccc1CCC(=O)N(C)Cc1n[nH]c(C)n1. The number of aryl methyl sites for hydroxylation is 2. The van der Waals surface area contributed by atoms with Crippen molar-refractivity contribution in [3.8, 4) is 5.75 Å². The maximum Gasteiger partial charge on any atom is 0.223 e. The molecule has 0 atom stereocenters. The van der Waals surface area contributed by atoms with Gasteiger partial charge >= 0.3 is 0 Å². The van der Waals surface area contributed by atoms with E-state index >= 15 is 0 Å². The van der Waals surface area contributed by atoms with E-state index in [4.69, 9.17) is 4.74 Å². The van der Waals surface area contributed by atoms with Gasteiger partial charge in [-0.05, 0) is 25.0 Å². The lowest BCUT2D eigenvalue weighted by molar-refractivity contribution is -0.130. The van der Waals surface area contributed by atoms with Gasteiger partial charge in [0.05, 0.1) is 13.7 Å². The van der Waals surface area contributed by atoms with E-state index < -0.39 is 0 Å². The lowest BCUT2D eigenvalue weighted by Gasteiger charge is -2.15. The number of methoxy groups -OCH3 is 1. The number of nitrogens with zero attached hydrogens (tertiary/aromatic N) is 3. The summed E-state index contributed by atoms with van der Waals surface area (Å²) < 4.78 is 5.29. The van der Waals surface area contributed by atoms with Gasteiger partial charge in [-0.3, -0.25) is 9.89 Å². The van der Waals surface area contributed by atoms with Crippen molar-refractivity contribution in [1.82, 2.24) is 20.1 Å². The van der Waals surface area contributed by atoms with Crippen molar-refractivity contribution in [3.63, 3.8) is 0 Å². The minimum absolute atomic E-state index is 0.0587. The number of aromatic nitrogens is 3. The summed E-state index contributed by atoms with van der Waals surface area (Å²) in [5.41, 5.74) is 1.04. The Hall–Kier alpha value is -2.37. The summed E-state index contributed by atoms with van der Waals surface area (Å²) in [5.74, 6) is 2.25. The first-order chi connectivity index (χ1) is 10.1. The minimum Gasteiger partial charge on any atom is -0.496 e. The second-order valence-electron chi connectivity index (χ2n) is 4.90. The number of amides is 1. The predicted octanol–water partition coefficient (Wildman–Crippen LogP) is 1.71. The third-order valence-corrected chi connectivity index (χ3v) is 3.25. The number of carbonyl (C=O) groups is 1. The van der Waals surface area contributed by atoms with Crippen molar-refractivity contribution in [2.24, 2.45) is 0 Å².